The number of benzene rings is 1. The van der Waals surface area contributed by atoms with Crippen molar-refractivity contribution in [2.75, 3.05) is 6.54 Å². The van der Waals surface area contributed by atoms with Crippen LogP contribution in [0.1, 0.15) is 36.1 Å². The number of aliphatic hydroxyl groups is 1. The third-order valence-electron chi connectivity index (χ3n) is 3.33. The summed E-state index contributed by atoms with van der Waals surface area (Å²) in [5.74, 6) is -0.0874. The summed E-state index contributed by atoms with van der Waals surface area (Å²) in [6, 6.07) is 11.4. The van der Waals surface area contributed by atoms with Crippen LogP contribution in [0, 0.1) is 0 Å². The fourth-order valence-electron chi connectivity index (χ4n) is 2.03. The molecule has 21 heavy (non-hydrogen) atoms. The first-order chi connectivity index (χ1) is 10.2. The Balaban J connectivity index is 1.70. The number of thiophene rings is 1. The lowest BCUT2D eigenvalue weighted by Gasteiger charge is -2.13. The Morgan fingerprint density at radius 2 is 2.00 bits per heavy atom. The van der Waals surface area contributed by atoms with Crippen molar-refractivity contribution in [1.82, 2.24) is 5.32 Å². The number of hydrogen-bond acceptors (Lipinski definition) is 4. The number of carbonyl (C=O) groups excluding carboxylic acids is 1. The lowest BCUT2D eigenvalue weighted by molar-refractivity contribution is -0.121. The summed E-state index contributed by atoms with van der Waals surface area (Å²) in [5, 5.41) is 16.4. The molecule has 1 heterocycles. The van der Waals surface area contributed by atoms with E-state index in [0.717, 1.165) is 11.1 Å². The number of amides is 1. The van der Waals surface area contributed by atoms with Gasteiger partial charge in [-0.15, -0.1) is 0 Å². The predicted octanol–water partition coefficient (Wildman–Crippen LogP) is 2.38. The summed E-state index contributed by atoms with van der Waals surface area (Å²) in [4.78, 5) is 11.8. The Labute approximate surface area is 128 Å². The van der Waals surface area contributed by atoms with Gasteiger partial charge in [0.2, 0.25) is 5.91 Å². The van der Waals surface area contributed by atoms with Gasteiger partial charge in [0.15, 0.2) is 0 Å². The van der Waals surface area contributed by atoms with Crippen molar-refractivity contribution in [3.05, 3.63) is 58.3 Å². The topological polar surface area (TPSA) is 75.4 Å². The first-order valence-electron chi connectivity index (χ1n) is 6.94. The van der Waals surface area contributed by atoms with Crippen LogP contribution < -0.4 is 11.1 Å². The van der Waals surface area contributed by atoms with Crippen LogP contribution in [0.5, 0.6) is 0 Å². The SMILES string of the molecule is NC(CCC(=O)NCC(O)c1ccsc1)c1ccccc1. The molecule has 0 spiro atoms. The van der Waals surface area contributed by atoms with Crippen molar-refractivity contribution in [1.29, 1.82) is 0 Å². The van der Waals surface area contributed by atoms with Crippen LogP contribution in [0.2, 0.25) is 0 Å². The summed E-state index contributed by atoms with van der Waals surface area (Å²) in [5.41, 5.74) is 7.91. The molecule has 0 aliphatic heterocycles. The highest BCUT2D eigenvalue weighted by molar-refractivity contribution is 7.07. The van der Waals surface area contributed by atoms with Crippen LogP contribution in [0.4, 0.5) is 0 Å². The highest BCUT2D eigenvalue weighted by Crippen LogP contribution is 2.16. The van der Waals surface area contributed by atoms with E-state index >= 15 is 0 Å². The molecule has 112 valence electrons. The van der Waals surface area contributed by atoms with Crippen LogP contribution in [0.15, 0.2) is 47.2 Å². The number of nitrogens with two attached hydrogens (primary N) is 1. The molecule has 0 aliphatic carbocycles. The molecule has 5 heteroatoms. The molecule has 2 aromatic rings. The van der Waals surface area contributed by atoms with Gasteiger partial charge in [-0.3, -0.25) is 4.79 Å². The van der Waals surface area contributed by atoms with E-state index in [1.54, 1.807) is 0 Å². The highest BCUT2D eigenvalue weighted by Gasteiger charge is 2.12. The lowest BCUT2D eigenvalue weighted by Crippen LogP contribution is -2.28. The minimum atomic E-state index is -0.650. The minimum absolute atomic E-state index is 0.0874. The maximum atomic E-state index is 11.8. The van der Waals surface area contributed by atoms with Gasteiger partial charge in [-0.1, -0.05) is 30.3 Å². The van der Waals surface area contributed by atoms with Gasteiger partial charge in [0.25, 0.3) is 0 Å². The summed E-state index contributed by atoms with van der Waals surface area (Å²) in [7, 11) is 0. The standard InChI is InChI=1S/C16H20N2O2S/c17-14(12-4-2-1-3-5-12)6-7-16(20)18-10-15(19)13-8-9-21-11-13/h1-5,8-9,11,14-15,19H,6-7,10,17H2,(H,18,20). The van der Waals surface area contributed by atoms with Crippen molar-refractivity contribution >= 4 is 17.2 Å². The van der Waals surface area contributed by atoms with E-state index in [1.165, 1.54) is 11.3 Å². The summed E-state index contributed by atoms with van der Waals surface area (Å²) < 4.78 is 0. The zero-order valence-corrected chi connectivity index (χ0v) is 12.6. The molecule has 0 radical (unpaired) electrons. The largest absolute Gasteiger partial charge is 0.387 e. The molecule has 2 rings (SSSR count). The van der Waals surface area contributed by atoms with Gasteiger partial charge in [0, 0.05) is 19.0 Å². The molecular formula is C16H20N2O2S. The Morgan fingerprint density at radius 3 is 2.67 bits per heavy atom. The van der Waals surface area contributed by atoms with E-state index in [2.05, 4.69) is 5.32 Å². The maximum absolute atomic E-state index is 11.8. The van der Waals surface area contributed by atoms with E-state index in [9.17, 15) is 9.90 Å². The van der Waals surface area contributed by atoms with Gasteiger partial charge < -0.3 is 16.2 Å². The van der Waals surface area contributed by atoms with E-state index in [0.29, 0.717) is 12.8 Å². The smallest absolute Gasteiger partial charge is 0.220 e. The number of nitrogens with one attached hydrogen (secondary N) is 1. The third-order valence-corrected chi connectivity index (χ3v) is 4.03. The number of carbonyl (C=O) groups is 1. The average Bonchev–Trinajstić information content (AvgIpc) is 3.05. The van der Waals surface area contributed by atoms with Gasteiger partial charge in [-0.25, -0.2) is 0 Å². The maximum Gasteiger partial charge on any atom is 0.220 e. The van der Waals surface area contributed by atoms with Crippen LogP contribution in [-0.2, 0) is 4.79 Å². The third kappa shape index (κ3) is 4.97. The molecule has 1 aromatic carbocycles. The molecule has 4 nitrogen and oxygen atoms in total. The Kier molecular flexibility index (Phi) is 5.92. The first-order valence-corrected chi connectivity index (χ1v) is 7.88. The molecule has 1 aromatic heterocycles. The fraction of sp³-hybridized carbons (Fsp3) is 0.312. The van der Waals surface area contributed by atoms with Crippen LogP contribution in [-0.4, -0.2) is 17.6 Å². The van der Waals surface area contributed by atoms with Crippen molar-refractivity contribution in [2.24, 2.45) is 5.73 Å². The van der Waals surface area contributed by atoms with Crippen molar-refractivity contribution in [2.45, 2.75) is 25.0 Å². The van der Waals surface area contributed by atoms with Gasteiger partial charge in [-0.05, 0) is 34.4 Å². The molecule has 0 fully saturated rings. The number of aliphatic hydroxyl groups excluding tert-OH is 1. The summed E-state index contributed by atoms with van der Waals surface area (Å²) in [6.07, 6.45) is 0.291. The second kappa shape index (κ2) is 7.93. The zero-order chi connectivity index (χ0) is 15.1. The van der Waals surface area contributed by atoms with Crippen LogP contribution in [0.3, 0.4) is 0 Å². The summed E-state index contributed by atoms with van der Waals surface area (Å²) in [6.45, 7) is 0.232. The van der Waals surface area contributed by atoms with Gasteiger partial charge >= 0.3 is 0 Å². The molecular weight excluding hydrogens is 284 g/mol. The molecule has 2 unspecified atom stereocenters. The van der Waals surface area contributed by atoms with Crippen molar-refractivity contribution in [3.8, 4) is 0 Å². The quantitative estimate of drug-likeness (QED) is 0.735. The summed E-state index contributed by atoms with van der Waals surface area (Å²) >= 11 is 1.52. The molecule has 0 aliphatic rings. The molecule has 4 N–H and O–H groups in total. The number of rotatable bonds is 7. The Bertz CT molecular complexity index is 543. The number of hydrogen-bond donors (Lipinski definition) is 3. The van der Waals surface area contributed by atoms with Crippen molar-refractivity contribution < 1.29 is 9.90 Å². The fourth-order valence-corrected chi connectivity index (χ4v) is 2.74. The molecule has 0 saturated carbocycles. The van der Waals surface area contributed by atoms with E-state index in [1.807, 2.05) is 47.2 Å². The van der Waals surface area contributed by atoms with Gasteiger partial charge in [0.1, 0.15) is 0 Å². The van der Waals surface area contributed by atoms with Crippen molar-refractivity contribution in [3.63, 3.8) is 0 Å². The molecule has 1 amide bonds. The highest BCUT2D eigenvalue weighted by atomic mass is 32.1. The van der Waals surface area contributed by atoms with Gasteiger partial charge in [0.05, 0.1) is 6.10 Å². The van der Waals surface area contributed by atoms with E-state index in [-0.39, 0.29) is 18.5 Å². The van der Waals surface area contributed by atoms with E-state index < -0.39 is 6.10 Å². The lowest BCUT2D eigenvalue weighted by atomic mass is 10.0. The second-order valence-electron chi connectivity index (χ2n) is 4.93. The van der Waals surface area contributed by atoms with Crippen LogP contribution >= 0.6 is 11.3 Å². The monoisotopic (exact) mass is 304 g/mol. The Morgan fingerprint density at radius 1 is 1.24 bits per heavy atom. The molecule has 0 bridgehead atoms. The normalized spacial score (nSPS) is 13.6. The van der Waals surface area contributed by atoms with E-state index in [4.69, 9.17) is 5.73 Å². The first kappa shape index (κ1) is 15.7. The predicted molar refractivity (Wildman–Crippen MR) is 84.9 cm³/mol. The van der Waals surface area contributed by atoms with Crippen LogP contribution in [0.25, 0.3) is 0 Å². The Hall–Kier alpha value is -1.69. The zero-order valence-electron chi connectivity index (χ0n) is 11.7. The molecule has 0 saturated heterocycles. The van der Waals surface area contributed by atoms with Gasteiger partial charge in [-0.2, -0.15) is 11.3 Å². The molecule has 2 atom stereocenters. The average molecular weight is 304 g/mol. The second-order valence-corrected chi connectivity index (χ2v) is 5.71. The minimum Gasteiger partial charge on any atom is -0.387 e.